The van der Waals surface area contributed by atoms with Gasteiger partial charge in [0.2, 0.25) is 0 Å². The first-order valence-electron chi connectivity index (χ1n) is 16.4. The van der Waals surface area contributed by atoms with Crippen LogP contribution in [0, 0.1) is 0 Å². The van der Waals surface area contributed by atoms with Gasteiger partial charge in [0.1, 0.15) is 11.2 Å². The highest BCUT2D eigenvalue weighted by atomic mass is 16.3. The summed E-state index contributed by atoms with van der Waals surface area (Å²) in [7, 11) is 0. The summed E-state index contributed by atoms with van der Waals surface area (Å²) in [6, 6.07) is 57.0. The normalized spacial score (nSPS) is 11.7. The molecule has 0 atom stereocenters. The van der Waals surface area contributed by atoms with E-state index in [2.05, 4.69) is 121 Å². The van der Waals surface area contributed by atoms with Crippen LogP contribution in [0.4, 0.5) is 0 Å². The fourth-order valence-corrected chi connectivity index (χ4v) is 7.13. The molecule has 0 unspecified atom stereocenters. The van der Waals surface area contributed by atoms with Crippen molar-refractivity contribution in [3.63, 3.8) is 0 Å². The van der Waals surface area contributed by atoms with Gasteiger partial charge in [-0.25, -0.2) is 15.0 Å². The van der Waals surface area contributed by atoms with Crippen molar-refractivity contribution in [2.75, 3.05) is 0 Å². The molecular weight excluding hydrogens is 599 g/mol. The summed E-state index contributed by atoms with van der Waals surface area (Å²) in [4.78, 5) is 15.6. The largest absolute Gasteiger partial charge is 0.456 e. The van der Waals surface area contributed by atoms with Crippen LogP contribution in [0.2, 0.25) is 0 Å². The van der Waals surface area contributed by atoms with Gasteiger partial charge in [0.05, 0.1) is 0 Å². The van der Waals surface area contributed by atoms with Crippen molar-refractivity contribution in [1.82, 2.24) is 15.0 Å². The molecule has 4 nitrogen and oxygen atoms in total. The van der Waals surface area contributed by atoms with E-state index >= 15 is 0 Å². The molecule has 0 radical (unpaired) electrons. The van der Waals surface area contributed by atoms with E-state index in [1.807, 2.05) is 42.5 Å². The monoisotopic (exact) mass is 625 g/mol. The first-order chi connectivity index (χ1) is 24.3. The van der Waals surface area contributed by atoms with Crippen LogP contribution in [-0.2, 0) is 0 Å². The molecule has 0 aliphatic rings. The molecule has 0 saturated heterocycles. The van der Waals surface area contributed by atoms with Gasteiger partial charge in [0.25, 0.3) is 0 Å². The third-order valence-corrected chi connectivity index (χ3v) is 9.50. The molecule has 0 N–H and O–H groups in total. The summed E-state index contributed by atoms with van der Waals surface area (Å²) < 4.78 is 6.43. The summed E-state index contributed by atoms with van der Waals surface area (Å²) >= 11 is 0. The number of hydrogen-bond acceptors (Lipinski definition) is 4. The second-order valence-corrected chi connectivity index (χ2v) is 12.4. The Labute approximate surface area is 282 Å². The first-order valence-corrected chi connectivity index (χ1v) is 16.4. The summed E-state index contributed by atoms with van der Waals surface area (Å²) in [5.41, 5.74) is 6.51. The predicted molar refractivity (Wildman–Crippen MR) is 201 cm³/mol. The second-order valence-electron chi connectivity index (χ2n) is 12.4. The van der Waals surface area contributed by atoms with Crippen molar-refractivity contribution in [3.8, 4) is 45.3 Å². The van der Waals surface area contributed by atoms with Crippen LogP contribution in [0.15, 0.2) is 168 Å². The van der Waals surface area contributed by atoms with E-state index in [4.69, 9.17) is 19.4 Å². The Balaban J connectivity index is 1.28. The maximum atomic E-state index is 6.43. The topological polar surface area (TPSA) is 51.8 Å². The molecule has 8 aromatic carbocycles. The number of aromatic nitrogens is 3. The average molecular weight is 626 g/mol. The fourth-order valence-electron chi connectivity index (χ4n) is 7.13. The fraction of sp³-hybridized carbons (Fsp3) is 0. The number of hydrogen-bond donors (Lipinski definition) is 0. The van der Waals surface area contributed by atoms with E-state index in [0.717, 1.165) is 55.1 Å². The Morgan fingerprint density at radius 2 is 0.959 bits per heavy atom. The molecule has 2 aromatic heterocycles. The van der Waals surface area contributed by atoms with Crippen LogP contribution in [0.25, 0.3) is 99.5 Å². The van der Waals surface area contributed by atoms with Crippen molar-refractivity contribution in [2.24, 2.45) is 0 Å². The minimum absolute atomic E-state index is 0.600. The molecule has 10 aromatic rings. The van der Waals surface area contributed by atoms with Gasteiger partial charge in [-0.15, -0.1) is 0 Å². The highest BCUT2D eigenvalue weighted by Crippen LogP contribution is 2.43. The number of furan rings is 1. The molecule has 49 heavy (non-hydrogen) atoms. The van der Waals surface area contributed by atoms with Gasteiger partial charge in [-0.2, -0.15) is 0 Å². The quantitative estimate of drug-likeness (QED) is 0.183. The lowest BCUT2D eigenvalue weighted by molar-refractivity contribution is 0.669. The highest BCUT2D eigenvalue weighted by Gasteiger charge is 2.22. The molecule has 0 bridgehead atoms. The third kappa shape index (κ3) is 4.57. The summed E-state index contributed by atoms with van der Waals surface area (Å²) in [5.74, 6) is 1.84. The van der Waals surface area contributed by atoms with Crippen LogP contribution in [0.5, 0.6) is 0 Å². The van der Waals surface area contributed by atoms with Gasteiger partial charge in [-0.1, -0.05) is 133 Å². The number of nitrogens with zero attached hydrogens (tertiary/aromatic N) is 3. The lowest BCUT2D eigenvalue weighted by Crippen LogP contribution is -2.01. The first kappa shape index (κ1) is 27.5. The van der Waals surface area contributed by atoms with Gasteiger partial charge in [-0.3, -0.25) is 0 Å². The van der Waals surface area contributed by atoms with Crippen LogP contribution < -0.4 is 0 Å². The van der Waals surface area contributed by atoms with Crippen LogP contribution in [0.3, 0.4) is 0 Å². The molecule has 0 spiro atoms. The minimum Gasteiger partial charge on any atom is -0.456 e. The number of rotatable bonds is 4. The Hall–Kier alpha value is -6.65. The minimum atomic E-state index is 0.600. The second kappa shape index (κ2) is 11.0. The maximum absolute atomic E-state index is 6.43. The van der Waals surface area contributed by atoms with Gasteiger partial charge in [0.15, 0.2) is 17.5 Å². The number of para-hydroxylation sites is 1. The van der Waals surface area contributed by atoms with Crippen LogP contribution >= 0.6 is 0 Å². The number of benzene rings is 8. The zero-order chi connectivity index (χ0) is 32.3. The van der Waals surface area contributed by atoms with Crippen molar-refractivity contribution in [2.45, 2.75) is 0 Å². The Morgan fingerprint density at radius 1 is 0.347 bits per heavy atom. The van der Waals surface area contributed by atoms with Crippen molar-refractivity contribution >= 4 is 54.3 Å². The van der Waals surface area contributed by atoms with Gasteiger partial charge in [0, 0.05) is 27.5 Å². The zero-order valence-corrected chi connectivity index (χ0v) is 26.3. The van der Waals surface area contributed by atoms with Gasteiger partial charge < -0.3 is 4.42 Å². The van der Waals surface area contributed by atoms with E-state index in [1.54, 1.807) is 0 Å². The van der Waals surface area contributed by atoms with Crippen LogP contribution in [-0.4, -0.2) is 15.0 Å². The lowest BCUT2D eigenvalue weighted by Gasteiger charge is -2.14. The molecular formula is C45H27N3O. The SMILES string of the molecule is c1ccc(-c2nc(-c3ccc4ccccc4c3)nc(-c3c(-c4ccc5c(ccc6ccccc65)c4)ccc4oc5ccccc5c34)n2)cc1. The Kier molecular flexibility index (Phi) is 6.15. The molecule has 0 aliphatic heterocycles. The van der Waals surface area contributed by atoms with Crippen molar-refractivity contribution < 1.29 is 4.42 Å². The van der Waals surface area contributed by atoms with Gasteiger partial charge in [-0.05, 0) is 73.8 Å². The molecule has 0 fully saturated rings. The van der Waals surface area contributed by atoms with Crippen LogP contribution in [0.1, 0.15) is 0 Å². The van der Waals surface area contributed by atoms with E-state index < -0.39 is 0 Å². The summed E-state index contributed by atoms with van der Waals surface area (Å²) in [5, 5.41) is 9.19. The summed E-state index contributed by atoms with van der Waals surface area (Å²) in [6.07, 6.45) is 0. The lowest BCUT2D eigenvalue weighted by atomic mass is 9.92. The molecule has 2 heterocycles. The molecule has 0 saturated carbocycles. The van der Waals surface area contributed by atoms with Gasteiger partial charge >= 0.3 is 0 Å². The highest BCUT2D eigenvalue weighted by molar-refractivity contribution is 6.16. The van der Waals surface area contributed by atoms with E-state index in [1.165, 1.54) is 26.9 Å². The Morgan fingerprint density at radius 3 is 1.84 bits per heavy atom. The standard InChI is InChI=1S/C45H27N3O/c1-2-12-30(13-3-1)43-46-44(34-21-18-28-10-4-5-14-31(28)26-34)48-45(47-43)42-37(24-25-40-41(42)38-16-8-9-17-39(38)49-40)33-22-23-36-32(27-33)20-19-29-11-6-7-15-35(29)36/h1-27H. The predicted octanol–water partition coefficient (Wildman–Crippen LogP) is 11.9. The zero-order valence-electron chi connectivity index (χ0n) is 26.3. The number of fused-ring (bicyclic) bond motifs is 7. The third-order valence-electron chi connectivity index (χ3n) is 9.50. The molecule has 0 aliphatic carbocycles. The maximum Gasteiger partial charge on any atom is 0.165 e. The average Bonchev–Trinajstić information content (AvgIpc) is 3.56. The Bertz CT molecular complexity index is 2890. The molecule has 10 rings (SSSR count). The van der Waals surface area contributed by atoms with Crippen molar-refractivity contribution in [1.29, 1.82) is 0 Å². The van der Waals surface area contributed by atoms with E-state index in [9.17, 15) is 0 Å². The van der Waals surface area contributed by atoms with Crippen molar-refractivity contribution in [3.05, 3.63) is 164 Å². The van der Waals surface area contributed by atoms with E-state index in [-0.39, 0.29) is 0 Å². The smallest absolute Gasteiger partial charge is 0.165 e. The molecule has 228 valence electrons. The molecule has 0 amide bonds. The summed E-state index contributed by atoms with van der Waals surface area (Å²) in [6.45, 7) is 0. The molecule has 4 heteroatoms. The van der Waals surface area contributed by atoms with E-state index in [0.29, 0.717) is 17.5 Å².